The van der Waals surface area contributed by atoms with Crippen LogP contribution < -0.4 is 5.32 Å². The van der Waals surface area contributed by atoms with Crippen LogP contribution in [0.4, 0.5) is 0 Å². The third kappa shape index (κ3) is 4.19. The molecule has 0 radical (unpaired) electrons. The molecule has 0 spiro atoms. The summed E-state index contributed by atoms with van der Waals surface area (Å²) in [5.41, 5.74) is 2.92. The Balaban J connectivity index is 1.49. The van der Waals surface area contributed by atoms with E-state index in [4.69, 9.17) is 0 Å². The Labute approximate surface area is 148 Å². The van der Waals surface area contributed by atoms with Crippen LogP contribution in [0.15, 0.2) is 24.5 Å². The average Bonchev–Trinajstić information content (AvgIpc) is 3.14. The summed E-state index contributed by atoms with van der Waals surface area (Å²) in [6.45, 7) is 2.98. The van der Waals surface area contributed by atoms with Crippen molar-refractivity contribution < 1.29 is 13.2 Å². The predicted molar refractivity (Wildman–Crippen MR) is 96.1 cm³/mol. The fourth-order valence-electron chi connectivity index (χ4n) is 3.19. The summed E-state index contributed by atoms with van der Waals surface area (Å²) in [6.07, 6.45) is 4.72. The number of rotatable bonds is 6. The molecule has 1 fully saturated rings. The molecule has 3 heterocycles. The Morgan fingerprint density at radius 2 is 2.28 bits per heavy atom. The lowest BCUT2D eigenvalue weighted by molar-refractivity contribution is -0.121. The van der Waals surface area contributed by atoms with E-state index in [1.165, 1.54) is 0 Å². The van der Waals surface area contributed by atoms with E-state index in [0.717, 1.165) is 16.9 Å². The fourth-order valence-corrected chi connectivity index (χ4v) is 5.00. The Kier molecular flexibility index (Phi) is 5.10. The van der Waals surface area contributed by atoms with Gasteiger partial charge in [0.15, 0.2) is 9.84 Å². The smallest absolute Gasteiger partial charge is 0.221 e. The maximum atomic E-state index is 12.1. The first kappa shape index (κ1) is 17.9. The van der Waals surface area contributed by atoms with Crippen molar-refractivity contribution in [1.82, 2.24) is 19.6 Å². The van der Waals surface area contributed by atoms with Crippen molar-refractivity contribution in [3.8, 4) is 0 Å². The topological polar surface area (TPSA) is 83.8 Å². The first-order valence-electron chi connectivity index (χ1n) is 8.44. The number of nitrogens with zero attached hydrogens (tertiary/aromatic N) is 3. The first-order chi connectivity index (χ1) is 11.9. The molecule has 2 aromatic heterocycles. The molecule has 3 rings (SSSR count). The van der Waals surface area contributed by atoms with Crippen LogP contribution in [-0.4, -0.2) is 59.7 Å². The largest absolute Gasteiger partial charge is 0.350 e. The zero-order valence-electron chi connectivity index (χ0n) is 14.6. The summed E-state index contributed by atoms with van der Waals surface area (Å²) >= 11 is 0. The molecule has 0 saturated carbocycles. The Bertz CT molecular complexity index is 875. The van der Waals surface area contributed by atoms with Gasteiger partial charge in [-0.1, -0.05) is 6.07 Å². The number of fused-ring (bicyclic) bond motifs is 1. The minimum absolute atomic E-state index is 0.0274. The molecule has 1 N–H and O–H groups in total. The molecule has 0 aromatic carbocycles. The Morgan fingerprint density at radius 1 is 1.48 bits per heavy atom. The molecule has 1 aliphatic heterocycles. The van der Waals surface area contributed by atoms with E-state index in [9.17, 15) is 13.2 Å². The van der Waals surface area contributed by atoms with Gasteiger partial charge in [-0.25, -0.2) is 13.4 Å². The van der Waals surface area contributed by atoms with Gasteiger partial charge in [-0.15, -0.1) is 0 Å². The van der Waals surface area contributed by atoms with E-state index in [1.807, 2.05) is 41.6 Å². The van der Waals surface area contributed by atoms with Crippen molar-refractivity contribution in [2.24, 2.45) is 0 Å². The van der Waals surface area contributed by atoms with Gasteiger partial charge in [0.1, 0.15) is 5.65 Å². The molecule has 8 heteroatoms. The number of pyridine rings is 1. The van der Waals surface area contributed by atoms with Crippen molar-refractivity contribution in [2.75, 3.05) is 25.1 Å². The number of hydrogen-bond donors (Lipinski definition) is 1. The summed E-state index contributed by atoms with van der Waals surface area (Å²) in [5.74, 6) is 0.407. The second-order valence-corrected chi connectivity index (χ2v) is 8.93. The summed E-state index contributed by atoms with van der Waals surface area (Å²) in [7, 11) is -1.01. The molecular formula is C17H24N4O3S. The van der Waals surface area contributed by atoms with E-state index in [-0.39, 0.29) is 23.5 Å². The van der Waals surface area contributed by atoms with Crippen LogP contribution in [0.5, 0.6) is 0 Å². The van der Waals surface area contributed by atoms with E-state index >= 15 is 0 Å². The zero-order valence-corrected chi connectivity index (χ0v) is 15.4. The van der Waals surface area contributed by atoms with Crippen LogP contribution in [0.2, 0.25) is 0 Å². The number of carbonyl (C=O) groups is 1. The lowest BCUT2D eigenvalue weighted by atomic mass is 10.2. The normalized spacial score (nSPS) is 19.6. The zero-order chi connectivity index (χ0) is 18.0. The molecule has 1 atom stereocenters. The molecule has 1 saturated heterocycles. The number of aromatic nitrogens is 2. The number of aryl methyl sites for hydroxylation is 1. The van der Waals surface area contributed by atoms with Gasteiger partial charge in [-0.05, 0) is 32.0 Å². The second-order valence-electron chi connectivity index (χ2n) is 6.70. The van der Waals surface area contributed by atoms with Crippen molar-refractivity contribution in [3.05, 3.63) is 35.8 Å². The number of amides is 1. The molecule has 0 bridgehead atoms. The van der Waals surface area contributed by atoms with Gasteiger partial charge < -0.3 is 14.6 Å². The maximum absolute atomic E-state index is 12.1. The number of nitrogens with one attached hydrogen (secondary N) is 1. The molecular weight excluding hydrogens is 340 g/mol. The minimum Gasteiger partial charge on any atom is -0.350 e. The van der Waals surface area contributed by atoms with Gasteiger partial charge in [0, 0.05) is 25.2 Å². The molecule has 7 nitrogen and oxygen atoms in total. The first-order valence-corrected chi connectivity index (χ1v) is 10.3. The van der Waals surface area contributed by atoms with E-state index in [2.05, 4.69) is 10.3 Å². The number of carbonyl (C=O) groups excluding carboxylic acids is 1. The summed E-state index contributed by atoms with van der Waals surface area (Å²) < 4.78 is 25.0. The lowest BCUT2D eigenvalue weighted by Crippen LogP contribution is -2.36. The van der Waals surface area contributed by atoms with Crippen molar-refractivity contribution in [2.45, 2.75) is 32.4 Å². The molecule has 1 aliphatic rings. The predicted octanol–water partition coefficient (Wildman–Crippen LogP) is 0.768. The van der Waals surface area contributed by atoms with Crippen LogP contribution in [0.3, 0.4) is 0 Å². The van der Waals surface area contributed by atoms with Gasteiger partial charge >= 0.3 is 0 Å². The summed E-state index contributed by atoms with van der Waals surface area (Å²) in [5, 5.41) is 2.91. The Hall–Kier alpha value is -1.93. The Morgan fingerprint density at radius 3 is 3.00 bits per heavy atom. The SMILES string of the molecule is Cc1cccn2c(CNC(=O)CCN(C)[C@@H]3CCS(=O)(=O)C3)cnc12. The van der Waals surface area contributed by atoms with Gasteiger partial charge in [0.25, 0.3) is 0 Å². The standard InChI is InChI=1S/C17H24N4O3S/c1-13-4-3-7-21-15(11-19-17(13)21)10-18-16(22)5-8-20(2)14-6-9-25(23,24)12-14/h3-4,7,11,14H,5-6,8-10,12H2,1-2H3,(H,18,22)/t14-/m1/s1. The number of imidazole rings is 1. The van der Waals surface area contributed by atoms with Gasteiger partial charge in [0.2, 0.25) is 5.91 Å². The third-order valence-electron chi connectivity index (χ3n) is 4.80. The molecule has 0 unspecified atom stereocenters. The van der Waals surface area contributed by atoms with Gasteiger partial charge in [-0.3, -0.25) is 4.79 Å². The van der Waals surface area contributed by atoms with Gasteiger partial charge in [0.05, 0.1) is 29.9 Å². The minimum atomic E-state index is -2.90. The molecule has 1 amide bonds. The average molecular weight is 364 g/mol. The quantitative estimate of drug-likeness (QED) is 0.818. The van der Waals surface area contributed by atoms with Crippen LogP contribution in [0.25, 0.3) is 5.65 Å². The van der Waals surface area contributed by atoms with E-state index in [0.29, 0.717) is 25.9 Å². The van der Waals surface area contributed by atoms with E-state index < -0.39 is 9.84 Å². The highest BCUT2D eigenvalue weighted by Gasteiger charge is 2.30. The van der Waals surface area contributed by atoms with Crippen LogP contribution in [-0.2, 0) is 21.2 Å². The highest BCUT2D eigenvalue weighted by molar-refractivity contribution is 7.91. The van der Waals surface area contributed by atoms with Crippen LogP contribution >= 0.6 is 0 Å². The molecule has 2 aromatic rings. The van der Waals surface area contributed by atoms with Gasteiger partial charge in [-0.2, -0.15) is 0 Å². The van der Waals surface area contributed by atoms with Crippen molar-refractivity contribution in [3.63, 3.8) is 0 Å². The van der Waals surface area contributed by atoms with Crippen LogP contribution in [0.1, 0.15) is 24.1 Å². The maximum Gasteiger partial charge on any atom is 0.221 e. The van der Waals surface area contributed by atoms with E-state index in [1.54, 1.807) is 6.20 Å². The summed E-state index contributed by atoms with van der Waals surface area (Å²) in [6, 6.07) is 3.99. The molecule has 25 heavy (non-hydrogen) atoms. The fraction of sp³-hybridized carbons (Fsp3) is 0.529. The highest BCUT2D eigenvalue weighted by atomic mass is 32.2. The lowest BCUT2D eigenvalue weighted by Gasteiger charge is -2.22. The third-order valence-corrected chi connectivity index (χ3v) is 6.55. The molecule has 136 valence electrons. The monoisotopic (exact) mass is 364 g/mol. The second kappa shape index (κ2) is 7.13. The van der Waals surface area contributed by atoms with Crippen LogP contribution in [0, 0.1) is 6.92 Å². The summed E-state index contributed by atoms with van der Waals surface area (Å²) in [4.78, 5) is 18.5. The number of hydrogen-bond acceptors (Lipinski definition) is 5. The van der Waals surface area contributed by atoms with Crippen molar-refractivity contribution in [1.29, 1.82) is 0 Å². The number of sulfone groups is 1. The van der Waals surface area contributed by atoms with Crippen molar-refractivity contribution >= 4 is 21.4 Å². The molecule has 0 aliphatic carbocycles. The highest BCUT2D eigenvalue weighted by Crippen LogP contribution is 2.16.